The van der Waals surface area contributed by atoms with Crippen LogP contribution in [-0.2, 0) is 19.1 Å². The van der Waals surface area contributed by atoms with Crippen LogP contribution in [0.1, 0.15) is 26.2 Å². The zero-order valence-corrected chi connectivity index (χ0v) is 11.2. The molecule has 2 saturated heterocycles. The van der Waals surface area contributed by atoms with Gasteiger partial charge in [-0.15, -0.1) is 0 Å². The number of carbonyl (C=O) groups is 2. The Morgan fingerprint density at radius 3 is 2.74 bits per heavy atom. The molecule has 2 aliphatic heterocycles. The molecule has 0 radical (unpaired) electrons. The third-order valence-electron chi connectivity index (χ3n) is 3.86. The normalized spacial score (nSPS) is 30.5. The lowest BCUT2D eigenvalue weighted by Gasteiger charge is -2.30. The van der Waals surface area contributed by atoms with E-state index >= 15 is 0 Å². The quantitative estimate of drug-likeness (QED) is 0.788. The van der Waals surface area contributed by atoms with Gasteiger partial charge in [-0.1, -0.05) is 0 Å². The van der Waals surface area contributed by atoms with Crippen molar-refractivity contribution in [3.05, 3.63) is 0 Å². The number of aliphatic carboxylic acids is 1. The van der Waals surface area contributed by atoms with Crippen molar-refractivity contribution in [2.24, 2.45) is 5.92 Å². The molecule has 0 aromatic rings. The Labute approximate surface area is 112 Å². The van der Waals surface area contributed by atoms with Gasteiger partial charge in [-0.05, 0) is 19.8 Å². The zero-order chi connectivity index (χ0) is 13.8. The lowest BCUT2D eigenvalue weighted by atomic mass is 10.0. The second kappa shape index (κ2) is 6.34. The third-order valence-corrected chi connectivity index (χ3v) is 3.86. The molecule has 0 saturated carbocycles. The minimum absolute atomic E-state index is 0.00727. The molecule has 2 rings (SSSR count). The largest absolute Gasteiger partial charge is 0.481 e. The highest BCUT2D eigenvalue weighted by atomic mass is 16.5. The number of ether oxygens (including phenoxy) is 2. The Morgan fingerprint density at radius 1 is 1.37 bits per heavy atom. The average Bonchev–Trinajstić information content (AvgIpc) is 3.00. The SMILES string of the molecule is CCN(C(=O)CC1CCCO1)C1COCC1C(=O)O. The molecule has 2 heterocycles. The number of hydrogen-bond acceptors (Lipinski definition) is 4. The Kier molecular flexibility index (Phi) is 4.76. The van der Waals surface area contributed by atoms with Crippen molar-refractivity contribution in [2.75, 3.05) is 26.4 Å². The van der Waals surface area contributed by atoms with Gasteiger partial charge in [0.1, 0.15) is 5.92 Å². The molecule has 2 aliphatic rings. The molecule has 1 N–H and O–H groups in total. The predicted octanol–water partition coefficient (Wildman–Crippen LogP) is 0.504. The van der Waals surface area contributed by atoms with Crippen LogP contribution in [0.3, 0.4) is 0 Å². The van der Waals surface area contributed by atoms with E-state index in [4.69, 9.17) is 14.6 Å². The van der Waals surface area contributed by atoms with Crippen molar-refractivity contribution < 1.29 is 24.2 Å². The van der Waals surface area contributed by atoms with Gasteiger partial charge in [0.2, 0.25) is 5.91 Å². The molecule has 0 aromatic carbocycles. The summed E-state index contributed by atoms with van der Waals surface area (Å²) < 4.78 is 10.7. The van der Waals surface area contributed by atoms with Gasteiger partial charge in [0.15, 0.2) is 0 Å². The van der Waals surface area contributed by atoms with Gasteiger partial charge in [0.05, 0.1) is 31.8 Å². The van der Waals surface area contributed by atoms with Gasteiger partial charge in [0.25, 0.3) is 0 Å². The summed E-state index contributed by atoms with van der Waals surface area (Å²) in [4.78, 5) is 25.1. The van der Waals surface area contributed by atoms with Crippen LogP contribution in [0.15, 0.2) is 0 Å². The van der Waals surface area contributed by atoms with E-state index in [-0.39, 0.29) is 24.7 Å². The maximum atomic E-state index is 12.3. The Morgan fingerprint density at radius 2 is 2.16 bits per heavy atom. The van der Waals surface area contributed by atoms with E-state index in [1.54, 1.807) is 4.90 Å². The highest BCUT2D eigenvalue weighted by molar-refractivity contribution is 5.79. The summed E-state index contributed by atoms with van der Waals surface area (Å²) in [6, 6.07) is -0.351. The lowest BCUT2D eigenvalue weighted by Crippen LogP contribution is -2.47. The van der Waals surface area contributed by atoms with E-state index < -0.39 is 11.9 Å². The maximum Gasteiger partial charge on any atom is 0.311 e. The molecule has 0 spiro atoms. The highest BCUT2D eigenvalue weighted by Crippen LogP contribution is 2.23. The lowest BCUT2D eigenvalue weighted by molar-refractivity contribution is -0.145. The van der Waals surface area contributed by atoms with Crippen molar-refractivity contribution in [3.63, 3.8) is 0 Å². The number of carboxylic acids is 1. The molecule has 6 nitrogen and oxygen atoms in total. The second-order valence-electron chi connectivity index (χ2n) is 5.07. The first-order valence-electron chi connectivity index (χ1n) is 6.85. The molecular weight excluding hydrogens is 250 g/mol. The minimum Gasteiger partial charge on any atom is -0.481 e. The van der Waals surface area contributed by atoms with Crippen molar-refractivity contribution in [1.29, 1.82) is 0 Å². The van der Waals surface area contributed by atoms with Crippen molar-refractivity contribution in [2.45, 2.75) is 38.3 Å². The Balaban J connectivity index is 1.97. The highest BCUT2D eigenvalue weighted by Gasteiger charge is 2.39. The summed E-state index contributed by atoms with van der Waals surface area (Å²) in [5.74, 6) is -1.55. The van der Waals surface area contributed by atoms with Gasteiger partial charge < -0.3 is 19.5 Å². The molecule has 6 heteroatoms. The van der Waals surface area contributed by atoms with Crippen molar-refractivity contribution in [1.82, 2.24) is 4.90 Å². The number of nitrogens with zero attached hydrogens (tertiary/aromatic N) is 1. The molecule has 3 unspecified atom stereocenters. The fourth-order valence-corrected chi connectivity index (χ4v) is 2.80. The molecule has 1 amide bonds. The molecule has 0 aromatic heterocycles. The number of amides is 1. The minimum atomic E-state index is -0.897. The molecule has 0 aliphatic carbocycles. The van der Waals surface area contributed by atoms with E-state index in [2.05, 4.69) is 0 Å². The molecular formula is C13H21NO5. The third kappa shape index (κ3) is 3.25. The summed E-state index contributed by atoms with van der Waals surface area (Å²) in [5.41, 5.74) is 0. The zero-order valence-electron chi connectivity index (χ0n) is 11.2. The first-order valence-corrected chi connectivity index (χ1v) is 6.85. The van der Waals surface area contributed by atoms with Crippen LogP contribution in [0.2, 0.25) is 0 Å². The topological polar surface area (TPSA) is 76.1 Å². The van der Waals surface area contributed by atoms with Crippen molar-refractivity contribution in [3.8, 4) is 0 Å². The molecule has 19 heavy (non-hydrogen) atoms. The fraction of sp³-hybridized carbons (Fsp3) is 0.846. The molecule has 3 atom stereocenters. The first-order chi connectivity index (χ1) is 9.13. The van der Waals surface area contributed by atoms with E-state index in [0.717, 1.165) is 12.8 Å². The van der Waals surface area contributed by atoms with E-state index in [1.807, 2.05) is 6.92 Å². The van der Waals surface area contributed by atoms with E-state index in [0.29, 0.717) is 26.2 Å². The number of carbonyl (C=O) groups excluding carboxylic acids is 1. The monoisotopic (exact) mass is 271 g/mol. The van der Waals surface area contributed by atoms with E-state index in [1.165, 1.54) is 0 Å². The standard InChI is InChI=1S/C13H21NO5/c1-2-14(11-8-18-7-10(11)13(16)17)12(15)6-9-4-3-5-19-9/h9-11H,2-8H2,1H3,(H,16,17). The van der Waals surface area contributed by atoms with Gasteiger partial charge in [-0.25, -0.2) is 0 Å². The molecule has 108 valence electrons. The maximum absolute atomic E-state index is 12.3. The van der Waals surface area contributed by atoms with Crippen LogP contribution in [-0.4, -0.2) is 60.4 Å². The van der Waals surface area contributed by atoms with Gasteiger partial charge in [0, 0.05) is 13.2 Å². The Hall–Kier alpha value is -1.14. The van der Waals surface area contributed by atoms with Gasteiger partial charge >= 0.3 is 5.97 Å². The van der Waals surface area contributed by atoms with Crippen LogP contribution in [0, 0.1) is 5.92 Å². The van der Waals surface area contributed by atoms with Crippen LogP contribution in [0.5, 0.6) is 0 Å². The summed E-state index contributed by atoms with van der Waals surface area (Å²) in [7, 11) is 0. The first kappa shape index (κ1) is 14.3. The number of carboxylic acid groups (broad SMARTS) is 1. The number of rotatable bonds is 5. The predicted molar refractivity (Wildman–Crippen MR) is 66.7 cm³/mol. The number of hydrogen-bond donors (Lipinski definition) is 1. The van der Waals surface area contributed by atoms with Crippen molar-refractivity contribution >= 4 is 11.9 Å². The Bertz CT molecular complexity index is 340. The fourth-order valence-electron chi connectivity index (χ4n) is 2.80. The van der Waals surface area contributed by atoms with Crippen LogP contribution in [0.4, 0.5) is 0 Å². The van der Waals surface area contributed by atoms with Crippen LogP contribution >= 0.6 is 0 Å². The summed E-state index contributed by atoms with van der Waals surface area (Å²) in [6.45, 7) is 3.58. The molecule has 2 fully saturated rings. The smallest absolute Gasteiger partial charge is 0.311 e. The van der Waals surface area contributed by atoms with Crippen LogP contribution in [0.25, 0.3) is 0 Å². The van der Waals surface area contributed by atoms with E-state index in [9.17, 15) is 9.59 Å². The van der Waals surface area contributed by atoms with Gasteiger partial charge in [-0.2, -0.15) is 0 Å². The summed E-state index contributed by atoms with van der Waals surface area (Å²) in [6.07, 6.45) is 2.24. The van der Waals surface area contributed by atoms with Gasteiger partial charge in [-0.3, -0.25) is 9.59 Å². The second-order valence-corrected chi connectivity index (χ2v) is 5.07. The average molecular weight is 271 g/mol. The number of likely N-dealkylation sites (N-methyl/N-ethyl adjacent to an activating group) is 1. The van der Waals surface area contributed by atoms with Crippen LogP contribution < -0.4 is 0 Å². The summed E-state index contributed by atoms with van der Waals surface area (Å²) >= 11 is 0. The molecule has 0 bridgehead atoms. The summed E-state index contributed by atoms with van der Waals surface area (Å²) in [5, 5.41) is 9.15.